The molecule has 3 rings (SSSR count). The van der Waals surface area contributed by atoms with Crippen LogP contribution in [-0.4, -0.2) is 14.6 Å². The fourth-order valence-electron chi connectivity index (χ4n) is 1.77. The molecule has 0 saturated carbocycles. The van der Waals surface area contributed by atoms with Gasteiger partial charge in [0, 0.05) is 12.1 Å². The second kappa shape index (κ2) is 4.23. The van der Waals surface area contributed by atoms with Crippen molar-refractivity contribution in [1.29, 1.82) is 0 Å². The van der Waals surface area contributed by atoms with Gasteiger partial charge in [0.05, 0.1) is 6.26 Å². The minimum absolute atomic E-state index is 0.0131. The van der Waals surface area contributed by atoms with Gasteiger partial charge in [0.2, 0.25) is 0 Å². The molecule has 0 atom stereocenters. The van der Waals surface area contributed by atoms with Gasteiger partial charge in [-0.25, -0.2) is 10.8 Å². The van der Waals surface area contributed by atoms with Crippen LogP contribution in [0.15, 0.2) is 34.9 Å². The van der Waals surface area contributed by atoms with E-state index in [-0.39, 0.29) is 11.5 Å². The number of alkyl halides is 3. The topological polar surface area (TPSA) is 81.4 Å². The van der Waals surface area contributed by atoms with E-state index in [2.05, 4.69) is 15.5 Å². The normalized spacial score (nSPS) is 12.0. The lowest BCUT2D eigenvalue weighted by Crippen LogP contribution is -2.16. The maximum absolute atomic E-state index is 12.7. The summed E-state index contributed by atoms with van der Waals surface area (Å²) >= 11 is 0. The van der Waals surface area contributed by atoms with Crippen molar-refractivity contribution in [2.75, 3.05) is 5.43 Å². The van der Waals surface area contributed by atoms with Crippen LogP contribution in [-0.2, 0) is 6.18 Å². The zero-order valence-corrected chi connectivity index (χ0v) is 9.85. The van der Waals surface area contributed by atoms with Crippen molar-refractivity contribution in [3.05, 3.63) is 36.2 Å². The van der Waals surface area contributed by atoms with Crippen LogP contribution >= 0.6 is 0 Å². The fourth-order valence-corrected chi connectivity index (χ4v) is 1.77. The smallest absolute Gasteiger partial charge is 0.433 e. The Bertz CT molecular complexity index is 747. The first-order valence-corrected chi connectivity index (χ1v) is 5.47. The van der Waals surface area contributed by atoms with Crippen molar-refractivity contribution in [1.82, 2.24) is 14.6 Å². The van der Waals surface area contributed by atoms with Crippen LogP contribution in [0.25, 0.3) is 17.1 Å². The number of hydrogen-bond acceptors (Lipinski definition) is 5. The second-order valence-electron chi connectivity index (χ2n) is 3.95. The SMILES string of the molecule is NNc1cc(C(F)(F)F)nc2cc(-c3ccco3)nn12. The van der Waals surface area contributed by atoms with E-state index in [4.69, 9.17) is 10.3 Å². The highest BCUT2D eigenvalue weighted by molar-refractivity contribution is 5.61. The van der Waals surface area contributed by atoms with Gasteiger partial charge >= 0.3 is 6.18 Å². The van der Waals surface area contributed by atoms with E-state index in [9.17, 15) is 13.2 Å². The molecule has 0 spiro atoms. The van der Waals surface area contributed by atoms with Gasteiger partial charge in [-0.2, -0.15) is 22.8 Å². The lowest BCUT2D eigenvalue weighted by Gasteiger charge is -2.09. The summed E-state index contributed by atoms with van der Waals surface area (Å²) in [6, 6.07) is 5.46. The number of nitrogens with two attached hydrogens (primary N) is 1. The molecule has 6 nitrogen and oxygen atoms in total. The molecule has 0 fully saturated rings. The summed E-state index contributed by atoms with van der Waals surface area (Å²) in [5.74, 6) is 5.62. The lowest BCUT2D eigenvalue weighted by molar-refractivity contribution is -0.141. The van der Waals surface area contributed by atoms with Crippen LogP contribution in [0.1, 0.15) is 5.69 Å². The van der Waals surface area contributed by atoms with Gasteiger partial charge in [-0.1, -0.05) is 0 Å². The summed E-state index contributed by atoms with van der Waals surface area (Å²) in [6.07, 6.45) is -3.13. The Kier molecular flexibility index (Phi) is 2.64. The molecule has 0 aliphatic carbocycles. The Hall–Kier alpha value is -2.55. The zero-order chi connectivity index (χ0) is 14.3. The van der Waals surface area contributed by atoms with E-state index < -0.39 is 11.9 Å². The number of anilines is 1. The first-order chi connectivity index (χ1) is 9.49. The van der Waals surface area contributed by atoms with Gasteiger partial charge < -0.3 is 9.84 Å². The molecule has 0 unspecified atom stereocenters. The molecular formula is C11H8F3N5O. The highest BCUT2D eigenvalue weighted by Gasteiger charge is 2.34. The molecule has 0 saturated heterocycles. The zero-order valence-electron chi connectivity index (χ0n) is 9.85. The number of nitrogens with zero attached hydrogens (tertiary/aromatic N) is 3. The molecule has 3 N–H and O–H groups in total. The summed E-state index contributed by atoms with van der Waals surface area (Å²) in [5, 5.41) is 4.10. The van der Waals surface area contributed by atoms with Crippen LogP contribution in [0.5, 0.6) is 0 Å². The summed E-state index contributed by atoms with van der Waals surface area (Å²) < 4.78 is 44.5. The van der Waals surface area contributed by atoms with Gasteiger partial charge in [0.1, 0.15) is 11.5 Å². The maximum Gasteiger partial charge on any atom is 0.433 e. The van der Waals surface area contributed by atoms with E-state index >= 15 is 0 Å². The number of aromatic nitrogens is 3. The van der Waals surface area contributed by atoms with Gasteiger partial charge in [0.25, 0.3) is 0 Å². The summed E-state index contributed by atoms with van der Waals surface area (Å²) in [7, 11) is 0. The Balaban J connectivity index is 2.22. The molecule has 20 heavy (non-hydrogen) atoms. The van der Waals surface area contributed by atoms with E-state index in [1.807, 2.05) is 0 Å². The summed E-state index contributed by atoms with van der Waals surface area (Å²) in [6.45, 7) is 0. The fraction of sp³-hybridized carbons (Fsp3) is 0.0909. The third-order valence-electron chi connectivity index (χ3n) is 2.64. The highest BCUT2D eigenvalue weighted by atomic mass is 19.4. The third-order valence-corrected chi connectivity index (χ3v) is 2.64. The Morgan fingerprint density at radius 3 is 2.70 bits per heavy atom. The summed E-state index contributed by atoms with van der Waals surface area (Å²) in [4.78, 5) is 3.52. The average molecular weight is 283 g/mol. The largest absolute Gasteiger partial charge is 0.463 e. The van der Waals surface area contributed by atoms with Crippen LogP contribution in [0.3, 0.4) is 0 Å². The molecule has 0 amide bonds. The molecule has 3 aromatic heterocycles. The van der Waals surface area contributed by atoms with Gasteiger partial charge in [-0.05, 0) is 12.1 Å². The first-order valence-electron chi connectivity index (χ1n) is 5.47. The molecule has 0 aliphatic heterocycles. The third kappa shape index (κ3) is 1.97. The Morgan fingerprint density at radius 2 is 2.10 bits per heavy atom. The number of hydrogen-bond donors (Lipinski definition) is 2. The number of rotatable bonds is 2. The van der Waals surface area contributed by atoms with Gasteiger partial charge in [-0.15, -0.1) is 0 Å². The van der Waals surface area contributed by atoms with Crippen LogP contribution < -0.4 is 11.3 Å². The van der Waals surface area contributed by atoms with Gasteiger partial charge in [-0.3, -0.25) is 0 Å². The number of hydrazine groups is 1. The van der Waals surface area contributed by atoms with E-state index in [1.54, 1.807) is 12.1 Å². The predicted octanol–water partition coefficient (Wildman–Crippen LogP) is 2.29. The minimum Gasteiger partial charge on any atom is -0.463 e. The number of halogens is 3. The minimum atomic E-state index is -4.57. The second-order valence-corrected chi connectivity index (χ2v) is 3.95. The Labute approximate surface area is 110 Å². The number of furan rings is 1. The first kappa shape index (κ1) is 12.5. The number of nitrogens with one attached hydrogen (secondary N) is 1. The molecule has 9 heteroatoms. The molecule has 0 aliphatic rings. The standard InChI is InChI=1S/C11H8F3N5O/c12-11(13,14)8-5-10(17-15)19-9(16-8)4-6(18-19)7-2-1-3-20-7/h1-5,17H,15H2. The molecular weight excluding hydrogens is 275 g/mol. The van der Waals surface area contributed by atoms with E-state index in [0.29, 0.717) is 11.5 Å². The molecule has 0 aromatic carbocycles. The maximum atomic E-state index is 12.7. The highest BCUT2D eigenvalue weighted by Crippen LogP contribution is 2.30. The van der Waals surface area contributed by atoms with Gasteiger partial charge in [0.15, 0.2) is 17.1 Å². The lowest BCUT2D eigenvalue weighted by atomic mass is 10.3. The van der Waals surface area contributed by atoms with Crippen LogP contribution in [0.2, 0.25) is 0 Å². The predicted molar refractivity (Wildman–Crippen MR) is 63.5 cm³/mol. The van der Waals surface area contributed by atoms with Crippen molar-refractivity contribution < 1.29 is 17.6 Å². The van der Waals surface area contributed by atoms with Crippen LogP contribution in [0, 0.1) is 0 Å². The van der Waals surface area contributed by atoms with Crippen molar-refractivity contribution >= 4 is 11.5 Å². The molecule has 104 valence electrons. The van der Waals surface area contributed by atoms with Crippen molar-refractivity contribution in [3.63, 3.8) is 0 Å². The molecule has 0 bridgehead atoms. The van der Waals surface area contributed by atoms with E-state index in [1.165, 1.54) is 16.8 Å². The van der Waals surface area contributed by atoms with Crippen molar-refractivity contribution in [3.8, 4) is 11.5 Å². The van der Waals surface area contributed by atoms with Crippen LogP contribution in [0.4, 0.5) is 19.0 Å². The molecule has 3 heterocycles. The monoisotopic (exact) mass is 283 g/mol. The average Bonchev–Trinajstić information content (AvgIpc) is 3.04. The summed E-state index contributed by atoms with van der Waals surface area (Å²) in [5.41, 5.74) is 1.49. The van der Waals surface area contributed by atoms with Crippen molar-refractivity contribution in [2.24, 2.45) is 5.84 Å². The Morgan fingerprint density at radius 1 is 1.30 bits per heavy atom. The quantitative estimate of drug-likeness (QED) is 0.557. The number of nitrogen functional groups attached to an aromatic ring is 1. The van der Waals surface area contributed by atoms with E-state index in [0.717, 1.165) is 6.07 Å². The molecule has 3 aromatic rings. The van der Waals surface area contributed by atoms with Crippen molar-refractivity contribution in [2.45, 2.75) is 6.18 Å². The molecule has 0 radical (unpaired) electrons. The number of fused-ring (bicyclic) bond motifs is 1.